The van der Waals surface area contributed by atoms with Crippen LogP contribution < -0.4 is 0 Å². The molecule has 1 aromatic carbocycles. The molecule has 0 aliphatic heterocycles. The van der Waals surface area contributed by atoms with Crippen molar-refractivity contribution in [3.05, 3.63) is 35.4 Å². The van der Waals surface area contributed by atoms with Gasteiger partial charge < -0.3 is 4.74 Å². The first-order chi connectivity index (χ1) is 10.7. The number of carbonyl (C=O) groups is 1. The molecule has 0 saturated heterocycles. The van der Waals surface area contributed by atoms with E-state index < -0.39 is 33.6 Å². The zero-order chi connectivity index (χ0) is 17.5. The Morgan fingerprint density at radius 1 is 1.30 bits per heavy atom. The molecule has 0 N–H and O–H groups in total. The third kappa shape index (κ3) is 8.03. The second kappa shape index (κ2) is 8.93. The van der Waals surface area contributed by atoms with Gasteiger partial charge in [-0.25, -0.2) is 8.78 Å². The molecule has 0 aromatic heterocycles. The number of halogens is 2. The van der Waals surface area contributed by atoms with Crippen LogP contribution in [0.2, 0.25) is 0 Å². The summed E-state index contributed by atoms with van der Waals surface area (Å²) in [5.41, 5.74) is 0.234. The molecular weight excluding hydrogens is 330 g/mol. The lowest BCUT2D eigenvalue weighted by atomic mass is 9.95. The maximum absolute atomic E-state index is 13.7. The molecule has 1 rings (SSSR count). The van der Waals surface area contributed by atoms with Crippen molar-refractivity contribution in [1.29, 1.82) is 0 Å². The van der Waals surface area contributed by atoms with Crippen molar-refractivity contribution in [3.63, 3.8) is 0 Å². The average Bonchev–Trinajstić information content (AvgIpc) is 2.43. The van der Waals surface area contributed by atoms with E-state index >= 15 is 0 Å². The standard InChI is InChI=1S/C15H20F2O5S/c1-3-21-15(18)7-4-11(10-22-23(2,19)20)8-12-5-6-13(16)9-14(12)17/h5-6,9,11H,3-4,7-8,10H2,1-2H3. The van der Waals surface area contributed by atoms with Crippen LogP contribution in [0.3, 0.4) is 0 Å². The molecule has 1 aromatic rings. The highest BCUT2D eigenvalue weighted by Crippen LogP contribution is 2.19. The normalized spacial score (nSPS) is 12.9. The van der Waals surface area contributed by atoms with Crippen LogP contribution in [0.25, 0.3) is 0 Å². The molecule has 0 radical (unpaired) electrons. The van der Waals surface area contributed by atoms with Crippen molar-refractivity contribution < 1.29 is 30.9 Å². The van der Waals surface area contributed by atoms with Gasteiger partial charge in [-0.05, 0) is 37.3 Å². The third-order valence-corrected chi connectivity index (χ3v) is 3.67. The van der Waals surface area contributed by atoms with Crippen LogP contribution in [0.1, 0.15) is 25.3 Å². The third-order valence-electron chi connectivity index (χ3n) is 3.10. The Hall–Kier alpha value is -1.54. The highest BCUT2D eigenvalue weighted by atomic mass is 32.2. The number of benzene rings is 1. The van der Waals surface area contributed by atoms with Crippen molar-refractivity contribution in [2.45, 2.75) is 26.2 Å². The van der Waals surface area contributed by atoms with Crippen LogP contribution in [-0.2, 0) is 30.3 Å². The van der Waals surface area contributed by atoms with Crippen LogP contribution in [-0.4, -0.2) is 33.9 Å². The molecule has 5 nitrogen and oxygen atoms in total. The lowest BCUT2D eigenvalue weighted by Gasteiger charge is -2.16. The molecule has 0 amide bonds. The van der Waals surface area contributed by atoms with E-state index in [0.29, 0.717) is 0 Å². The van der Waals surface area contributed by atoms with E-state index in [2.05, 4.69) is 0 Å². The SMILES string of the molecule is CCOC(=O)CCC(COS(C)(=O)=O)Cc1ccc(F)cc1F. The number of ether oxygens (including phenoxy) is 1. The van der Waals surface area contributed by atoms with Gasteiger partial charge in [0.15, 0.2) is 0 Å². The van der Waals surface area contributed by atoms with E-state index in [-0.39, 0.29) is 38.0 Å². The average molecular weight is 350 g/mol. The Balaban J connectivity index is 2.74. The van der Waals surface area contributed by atoms with Crippen molar-refractivity contribution in [1.82, 2.24) is 0 Å². The molecule has 0 fully saturated rings. The summed E-state index contributed by atoms with van der Waals surface area (Å²) in [7, 11) is -3.65. The summed E-state index contributed by atoms with van der Waals surface area (Å²) < 4.78 is 58.4. The molecule has 1 unspecified atom stereocenters. The van der Waals surface area contributed by atoms with Gasteiger partial charge >= 0.3 is 5.97 Å². The highest BCUT2D eigenvalue weighted by molar-refractivity contribution is 7.85. The molecular formula is C15H20F2O5S. The lowest BCUT2D eigenvalue weighted by Crippen LogP contribution is -2.18. The number of esters is 1. The van der Waals surface area contributed by atoms with Crippen LogP contribution in [0.4, 0.5) is 8.78 Å². The topological polar surface area (TPSA) is 69.7 Å². The largest absolute Gasteiger partial charge is 0.466 e. The summed E-state index contributed by atoms with van der Waals surface area (Å²) >= 11 is 0. The number of hydrogen-bond acceptors (Lipinski definition) is 5. The monoisotopic (exact) mass is 350 g/mol. The molecule has 0 aliphatic rings. The Kier molecular flexibility index (Phi) is 7.57. The molecule has 0 spiro atoms. The Morgan fingerprint density at radius 3 is 2.57 bits per heavy atom. The maximum Gasteiger partial charge on any atom is 0.305 e. The number of rotatable bonds is 9. The number of carbonyl (C=O) groups excluding carboxylic acids is 1. The second-order valence-corrected chi connectivity index (χ2v) is 6.78. The predicted octanol–water partition coefficient (Wildman–Crippen LogP) is 2.44. The molecule has 1 atom stereocenters. The molecule has 0 aliphatic carbocycles. The van der Waals surface area contributed by atoms with Crippen molar-refractivity contribution in [2.24, 2.45) is 5.92 Å². The van der Waals surface area contributed by atoms with Crippen molar-refractivity contribution in [2.75, 3.05) is 19.5 Å². The quantitative estimate of drug-likeness (QED) is 0.505. The van der Waals surface area contributed by atoms with Gasteiger partial charge in [0.2, 0.25) is 0 Å². The fourth-order valence-corrected chi connectivity index (χ4v) is 2.46. The molecule has 23 heavy (non-hydrogen) atoms. The van der Waals surface area contributed by atoms with Crippen LogP contribution in [0.5, 0.6) is 0 Å². The first-order valence-corrected chi connectivity index (χ1v) is 8.97. The second-order valence-electron chi connectivity index (χ2n) is 5.14. The summed E-state index contributed by atoms with van der Waals surface area (Å²) in [6, 6.07) is 3.18. The van der Waals surface area contributed by atoms with E-state index in [9.17, 15) is 22.0 Å². The molecule has 8 heteroatoms. The van der Waals surface area contributed by atoms with Gasteiger partial charge in [-0.1, -0.05) is 6.07 Å². The highest BCUT2D eigenvalue weighted by Gasteiger charge is 2.18. The summed E-state index contributed by atoms with van der Waals surface area (Å²) in [5, 5.41) is 0. The Labute approximate surface area is 134 Å². The van der Waals surface area contributed by atoms with Crippen LogP contribution in [0, 0.1) is 17.6 Å². The summed E-state index contributed by atoms with van der Waals surface area (Å²) in [5.74, 6) is -2.25. The summed E-state index contributed by atoms with van der Waals surface area (Å²) in [6.07, 6.45) is 1.37. The fourth-order valence-electron chi connectivity index (χ4n) is 2.02. The lowest BCUT2D eigenvalue weighted by molar-refractivity contribution is -0.143. The Morgan fingerprint density at radius 2 is 2.00 bits per heavy atom. The molecule has 0 heterocycles. The summed E-state index contributed by atoms with van der Waals surface area (Å²) in [4.78, 5) is 11.4. The van der Waals surface area contributed by atoms with Gasteiger partial charge in [0.1, 0.15) is 11.6 Å². The van der Waals surface area contributed by atoms with Gasteiger partial charge in [-0.15, -0.1) is 0 Å². The van der Waals surface area contributed by atoms with Gasteiger partial charge in [0.25, 0.3) is 10.1 Å². The summed E-state index contributed by atoms with van der Waals surface area (Å²) in [6.45, 7) is 1.74. The van der Waals surface area contributed by atoms with Crippen LogP contribution >= 0.6 is 0 Å². The minimum atomic E-state index is -3.65. The first kappa shape index (κ1) is 19.5. The van der Waals surface area contributed by atoms with E-state index in [4.69, 9.17) is 8.92 Å². The zero-order valence-corrected chi connectivity index (χ0v) is 13.9. The van der Waals surface area contributed by atoms with Gasteiger partial charge in [-0.2, -0.15) is 8.42 Å². The number of hydrogen-bond donors (Lipinski definition) is 0. The van der Waals surface area contributed by atoms with Gasteiger partial charge in [-0.3, -0.25) is 8.98 Å². The molecule has 130 valence electrons. The van der Waals surface area contributed by atoms with Crippen LogP contribution in [0.15, 0.2) is 18.2 Å². The van der Waals surface area contributed by atoms with Gasteiger partial charge in [0, 0.05) is 12.5 Å². The van der Waals surface area contributed by atoms with E-state index in [0.717, 1.165) is 18.4 Å². The van der Waals surface area contributed by atoms with E-state index in [1.54, 1.807) is 6.92 Å². The van der Waals surface area contributed by atoms with Crippen molar-refractivity contribution >= 4 is 16.1 Å². The molecule has 0 bridgehead atoms. The van der Waals surface area contributed by atoms with E-state index in [1.807, 2.05) is 0 Å². The smallest absolute Gasteiger partial charge is 0.305 e. The molecule has 0 saturated carbocycles. The minimum Gasteiger partial charge on any atom is -0.466 e. The van der Waals surface area contributed by atoms with E-state index in [1.165, 1.54) is 6.07 Å². The minimum absolute atomic E-state index is 0.0639. The van der Waals surface area contributed by atoms with Gasteiger partial charge in [0.05, 0.1) is 19.5 Å². The maximum atomic E-state index is 13.7. The fraction of sp³-hybridized carbons (Fsp3) is 0.533. The van der Waals surface area contributed by atoms with Crippen molar-refractivity contribution in [3.8, 4) is 0 Å². The zero-order valence-electron chi connectivity index (χ0n) is 13.1. The predicted molar refractivity (Wildman–Crippen MR) is 80.2 cm³/mol. The Bertz CT molecular complexity index is 631. The first-order valence-electron chi connectivity index (χ1n) is 7.15.